The summed E-state index contributed by atoms with van der Waals surface area (Å²) in [5.41, 5.74) is 0.649. The molecule has 1 saturated carbocycles. The van der Waals surface area contributed by atoms with E-state index in [1.54, 1.807) is 4.57 Å². The van der Waals surface area contributed by atoms with E-state index in [-0.39, 0.29) is 17.3 Å². The van der Waals surface area contributed by atoms with Gasteiger partial charge in [0.05, 0.1) is 11.9 Å². The van der Waals surface area contributed by atoms with Gasteiger partial charge in [-0.1, -0.05) is 19.1 Å². The molecule has 0 amide bonds. The monoisotopic (exact) mass is 467 g/mol. The van der Waals surface area contributed by atoms with Crippen molar-refractivity contribution in [3.63, 3.8) is 0 Å². The SMILES string of the molecule is CC1CC(CCNc2nc(S(C)(=O)=O)nc3ncn(Cc4ccc(C(F)(F)F)cc4)c23)C1. The number of rotatable bonds is 7. The highest BCUT2D eigenvalue weighted by atomic mass is 32.2. The number of nitrogens with one attached hydrogen (secondary N) is 1. The molecule has 0 bridgehead atoms. The molecule has 3 aromatic rings. The van der Waals surface area contributed by atoms with Crippen LogP contribution in [0.3, 0.4) is 0 Å². The number of halogens is 3. The fourth-order valence-corrected chi connectivity index (χ4v) is 4.57. The van der Waals surface area contributed by atoms with Crippen molar-refractivity contribution < 1.29 is 21.6 Å². The highest BCUT2D eigenvalue weighted by molar-refractivity contribution is 7.90. The van der Waals surface area contributed by atoms with Crippen LogP contribution < -0.4 is 5.32 Å². The lowest BCUT2D eigenvalue weighted by atomic mass is 9.74. The van der Waals surface area contributed by atoms with Crippen molar-refractivity contribution in [3.8, 4) is 0 Å². The third-order valence-electron chi connectivity index (χ3n) is 5.73. The maximum Gasteiger partial charge on any atom is 0.416 e. The molecule has 1 N–H and O–H groups in total. The van der Waals surface area contributed by atoms with E-state index in [0.29, 0.717) is 29.4 Å². The number of fused-ring (bicyclic) bond motifs is 1. The van der Waals surface area contributed by atoms with Crippen molar-refractivity contribution in [1.82, 2.24) is 19.5 Å². The zero-order valence-corrected chi connectivity index (χ0v) is 18.5. The van der Waals surface area contributed by atoms with Crippen molar-refractivity contribution in [2.75, 3.05) is 18.1 Å². The summed E-state index contributed by atoms with van der Waals surface area (Å²) >= 11 is 0. The fourth-order valence-electron chi connectivity index (χ4n) is 4.06. The molecule has 0 unspecified atom stereocenters. The Morgan fingerprint density at radius 1 is 1.16 bits per heavy atom. The Labute approximate surface area is 184 Å². The zero-order chi connectivity index (χ0) is 23.1. The molecule has 1 aliphatic carbocycles. The van der Waals surface area contributed by atoms with Gasteiger partial charge in [0.2, 0.25) is 9.84 Å². The Balaban J connectivity index is 1.62. The molecule has 0 aliphatic heterocycles. The lowest BCUT2D eigenvalue weighted by Gasteiger charge is -2.32. The Kier molecular flexibility index (Phi) is 5.87. The maximum absolute atomic E-state index is 12.8. The van der Waals surface area contributed by atoms with E-state index < -0.39 is 21.6 Å². The summed E-state index contributed by atoms with van der Waals surface area (Å²) in [7, 11) is -3.65. The highest BCUT2D eigenvalue weighted by Gasteiger charge is 2.30. The number of sulfone groups is 1. The summed E-state index contributed by atoms with van der Waals surface area (Å²) in [6.45, 7) is 3.08. The van der Waals surface area contributed by atoms with Crippen LogP contribution in [0.25, 0.3) is 11.2 Å². The summed E-state index contributed by atoms with van der Waals surface area (Å²) in [6, 6.07) is 4.88. The molecule has 4 rings (SSSR count). The van der Waals surface area contributed by atoms with Gasteiger partial charge in [0, 0.05) is 19.3 Å². The van der Waals surface area contributed by atoms with E-state index in [1.165, 1.54) is 31.3 Å². The first-order chi connectivity index (χ1) is 15.0. The largest absolute Gasteiger partial charge is 0.416 e. The molecule has 0 spiro atoms. The molecule has 11 heteroatoms. The minimum absolute atomic E-state index is 0.215. The lowest BCUT2D eigenvalue weighted by molar-refractivity contribution is -0.137. The van der Waals surface area contributed by atoms with Gasteiger partial charge < -0.3 is 9.88 Å². The third-order valence-corrected chi connectivity index (χ3v) is 6.58. The van der Waals surface area contributed by atoms with Crippen LogP contribution in [0.4, 0.5) is 19.0 Å². The first-order valence-corrected chi connectivity index (χ1v) is 12.2. The molecule has 2 aromatic heterocycles. The number of benzene rings is 1. The van der Waals surface area contributed by atoms with Crippen molar-refractivity contribution in [3.05, 3.63) is 41.7 Å². The van der Waals surface area contributed by atoms with E-state index in [0.717, 1.165) is 30.7 Å². The minimum Gasteiger partial charge on any atom is -0.368 e. The maximum atomic E-state index is 12.8. The Morgan fingerprint density at radius 3 is 2.44 bits per heavy atom. The van der Waals surface area contributed by atoms with Gasteiger partial charge in [0.25, 0.3) is 5.16 Å². The first kappa shape index (κ1) is 22.5. The van der Waals surface area contributed by atoms with Gasteiger partial charge in [-0.15, -0.1) is 0 Å². The number of nitrogens with zero attached hydrogens (tertiary/aromatic N) is 4. The van der Waals surface area contributed by atoms with Gasteiger partial charge in [-0.2, -0.15) is 23.1 Å². The van der Waals surface area contributed by atoms with Crippen LogP contribution in [0.1, 0.15) is 37.3 Å². The number of alkyl halides is 3. The van der Waals surface area contributed by atoms with Gasteiger partial charge in [0.1, 0.15) is 5.52 Å². The topological polar surface area (TPSA) is 89.8 Å². The summed E-state index contributed by atoms with van der Waals surface area (Å²) in [6.07, 6.45) is 1.43. The molecular formula is C21H24F3N5O2S. The summed E-state index contributed by atoms with van der Waals surface area (Å²) < 4.78 is 64.3. The summed E-state index contributed by atoms with van der Waals surface area (Å²) in [4.78, 5) is 12.5. The molecule has 172 valence electrons. The van der Waals surface area contributed by atoms with E-state index >= 15 is 0 Å². The Bertz CT molecular complexity index is 1220. The smallest absolute Gasteiger partial charge is 0.368 e. The standard InChI is InChI=1S/C21H24F3N5O2S/c1-13-9-15(10-13)7-8-25-18-17-19(28-20(27-18)32(2,30)31)26-12-29(17)11-14-3-5-16(6-4-14)21(22,23)24/h3-6,12-13,15H,7-11H2,1-2H3,(H,25,27,28). The number of anilines is 1. The molecular weight excluding hydrogens is 443 g/mol. The number of hydrogen-bond acceptors (Lipinski definition) is 6. The van der Waals surface area contributed by atoms with Crippen LogP contribution in [-0.2, 0) is 22.6 Å². The van der Waals surface area contributed by atoms with Crippen molar-refractivity contribution in [1.29, 1.82) is 0 Å². The molecule has 7 nitrogen and oxygen atoms in total. The molecule has 1 fully saturated rings. The second-order valence-electron chi connectivity index (χ2n) is 8.52. The molecule has 32 heavy (non-hydrogen) atoms. The number of imidazole rings is 1. The van der Waals surface area contributed by atoms with Crippen molar-refractivity contribution in [2.45, 2.75) is 44.1 Å². The van der Waals surface area contributed by atoms with Gasteiger partial charge in [-0.25, -0.2) is 13.4 Å². The molecule has 0 radical (unpaired) electrons. The van der Waals surface area contributed by atoms with Crippen LogP contribution in [-0.4, -0.2) is 40.7 Å². The van der Waals surface area contributed by atoms with Gasteiger partial charge in [0.15, 0.2) is 11.5 Å². The minimum atomic E-state index is -4.40. The average Bonchev–Trinajstić information content (AvgIpc) is 3.08. The lowest BCUT2D eigenvalue weighted by Crippen LogP contribution is -2.23. The Hall–Kier alpha value is -2.69. The van der Waals surface area contributed by atoms with Gasteiger partial charge in [-0.3, -0.25) is 0 Å². The summed E-state index contributed by atoms with van der Waals surface area (Å²) in [5.74, 6) is 1.74. The van der Waals surface area contributed by atoms with Crippen LogP contribution in [0.5, 0.6) is 0 Å². The van der Waals surface area contributed by atoms with Gasteiger partial charge >= 0.3 is 6.18 Å². The van der Waals surface area contributed by atoms with Gasteiger partial charge in [-0.05, 0) is 48.8 Å². The van der Waals surface area contributed by atoms with Crippen LogP contribution in [0, 0.1) is 11.8 Å². The Morgan fingerprint density at radius 2 is 1.84 bits per heavy atom. The zero-order valence-electron chi connectivity index (χ0n) is 17.7. The molecule has 0 atom stereocenters. The quantitative estimate of drug-likeness (QED) is 0.525. The van der Waals surface area contributed by atoms with E-state index in [9.17, 15) is 21.6 Å². The predicted molar refractivity (Wildman–Crippen MR) is 114 cm³/mol. The van der Waals surface area contributed by atoms with Crippen LogP contribution in [0.2, 0.25) is 0 Å². The predicted octanol–water partition coefficient (Wildman–Crippen LogP) is 4.15. The molecule has 2 heterocycles. The molecule has 0 saturated heterocycles. The second kappa shape index (κ2) is 8.34. The highest BCUT2D eigenvalue weighted by Crippen LogP contribution is 2.35. The van der Waals surface area contributed by atoms with Crippen LogP contribution in [0.15, 0.2) is 35.7 Å². The molecule has 1 aliphatic rings. The normalized spacial score (nSPS) is 19.2. The molecule has 1 aromatic carbocycles. The van der Waals surface area contributed by atoms with Crippen molar-refractivity contribution >= 4 is 26.8 Å². The summed E-state index contributed by atoms with van der Waals surface area (Å²) in [5, 5.41) is 2.92. The number of aromatic nitrogens is 4. The van der Waals surface area contributed by atoms with Crippen molar-refractivity contribution in [2.24, 2.45) is 11.8 Å². The average molecular weight is 468 g/mol. The van der Waals surface area contributed by atoms with Crippen LogP contribution >= 0.6 is 0 Å². The second-order valence-corrected chi connectivity index (χ2v) is 10.4. The third kappa shape index (κ3) is 4.87. The van der Waals surface area contributed by atoms with E-state index in [4.69, 9.17) is 0 Å². The van der Waals surface area contributed by atoms with E-state index in [2.05, 4.69) is 27.2 Å². The first-order valence-electron chi connectivity index (χ1n) is 10.3. The van der Waals surface area contributed by atoms with E-state index in [1.807, 2.05) is 0 Å². The number of hydrogen-bond donors (Lipinski definition) is 1. The fraction of sp³-hybridized carbons (Fsp3) is 0.476.